The van der Waals surface area contributed by atoms with Crippen LogP contribution in [0.4, 0.5) is 13.2 Å². The highest BCUT2D eigenvalue weighted by atomic mass is 19.4. The Kier molecular flexibility index (Phi) is 6.10. The summed E-state index contributed by atoms with van der Waals surface area (Å²) in [7, 11) is 1.67. The van der Waals surface area contributed by atoms with Gasteiger partial charge >= 0.3 is 6.18 Å². The summed E-state index contributed by atoms with van der Waals surface area (Å²) in [5, 5.41) is 15.6. The van der Waals surface area contributed by atoms with Crippen LogP contribution in [-0.2, 0) is 31.3 Å². The third kappa shape index (κ3) is 5.77. The lowest BCUT2D eigenvalue weighted by atomic mass is 10.1. The zero-order valence-electron chi connectivity index (χ0n) is 15.7. The molecule has 0 aliphatic heterocycles. The summed E-state index contributed by atoms with van der Waals surface area (Å²) in [6, 6.07) is 12.0. The lowest BCUT2D eigenvalue weighted by Gasteiger charge is -2.08. The Morgan fingerprint density at radius 3 is 2.31 bits per heavy atom. The van der Waals surface area contributed by atoms with Crippen LogP contribution in [0.5, 0.6) is 5.75 Å². The van der Waals surface area contributed by atoms with E-state index < -0.39 is 11.7 Å². The van der Waals surface area contributed by atoms with Crippen LogP contribution in [0.3, 0.4) is 0 Å². The van der Waals surface area contributed by atoms with E-state index >= 15 is 0 Å². The first kappa shape index (κ1) is 20.3. The van der Waals surface area contributed by atoms with Gasteiger partial charge in [-0.05, 0) is 59.7 Å². The van der Waals surface area contributed by atoms with Gasteiger partial charge in [0, 0.05) is 0 Å². The van der Waals surface area contributed by atoms with Crippen molar-refractivity contribution in [3.05, 3.63) is 71.0 Å². The Labute approximate surface area is 164 Å². The fourth-order valence-corrected chi connectivity index (χ4v) is 2.37. The summed E-state index contributed by atoms with van der Waals surface area (Å²) >= 11 is 0. The number of alkyl halides is 3. The second-order valence-corrected chi connectivity index (χ2v) is 6.15. The number of rotatable bonds is 7. The molecule has 3 aromatic rings. The maximum absolute atomic E-state index is 12.6. The fourth-order valence-electron chi connectivity index (χ4n) is 2.37. The van der Waals surface area contributed by atoms with E-state index in [9.17, 15) is 13.2 Å². The van der Waals surface area contributed by atoms with Crippen molar-refractivity contribution in [2.24, 2.45) is 12.2 Å². The van der Waals surface area contributed by atoms with Crippen molar-refractivity contribution in [3.8, 4) is 5.75 Å². The Morgan fingerprint density at radius 2 is 1.72 bits per heavy atom. The topological polar surface area (TPSA) is 74.4 Å². The van der Waals surface area contributed by atoms with Crippen molar-refractivity contribution in [1.29, 1.82) is 0 Å². The van der Waals surface area contributed by atoms with E-state index in [0.29, 0.717) is 22.8 Å². The molecule has 0 aliphatic carbocycles. The smallest absolute Gasteiger partial charge is 0.416 e. The van der Waals surface area contributed by atoms with Crippen LogP contribution in [0.1, 0.15) is 29.4 Å². The highest BCUT2D eigenvalue weighted by Crippen LogP contribution is 2.29. The van der Waals surface area contributed by atoms with Crippen molar-refractivity contribution in [2.75, 3.05) is 0 Å². The molecule has 0 N–H and O–H groups in total. The van der Waals surface area contributed by atoms with Gasteiger partial charge in [0.1, 0.15) is 12.4 Å². The molecule has 0 spiro atoms. The fraction of sp³-hybridized carbons (Fsp3) is 0.263. The predicted octanol–water partition coefficient (Wildman–Crippen LogP) is 3.75. The number of nitrogens with zero attached hydrogens (tertiary/aromatic N) is 5. The first-order chi connectivity index (χ1) is 13.8. The summed E-state index contributed by atoms with van der Waals surface area (Å²) in [6.07, 6.45) is -4.35. The molecule has 0 fully saturated rings. The second-order valence-electron chi connectivity index (χ2n) is 6.15. The van der Waals surface area contributed by atoms with Gasteiger partial charge in [-0.1, -0.05) is 17.3 Å². The van der Waals surface area contributed by atoms with Crippen molar-refractivity contribution in [3.63, 3.8) is 0 Å². The molecule has 29 heavy (non-hydrogen) atoms. The van der Waals surface area contributed by atoms with Crippen LogP contribution in [0.25, 0.3) is 0 Å². The summed E-state index contributed by atoms with van der Waals surface area (Å²) in [5.41, 5.74) is 1.34. The molecule has 1 heterocycles. The average molecular weight is 405 g/mol. The largest absolute Gasteiger partial charge is 0.485 e. The zero-order chi connectivity index (χ0) is 20.9. The van der Waals surface area contributed by atoms with Gasteiger partial charge in [-0.2, -0.15) is 18.0 Å². The molecule has 7 nitrogen and oxygen atoms in total. The standard InChI is InChI=1S/C19H18F3N5O2/c1-13(25-29-11-14-3-7-16(8-4-14)19(20,21)22)15-5-9-17(10-6-15)28-12-18-23-26-27(2)24-18/h3-10H,11-12H2,1-2H3. The highest BCUT2D eigenvalue weighted by Gasteiger charge is 2.29. The van der Waals surface area contributed by atoms with Crippen molar-refractivity contribution >= 4 is 5.71 Å². The summed E-state index contributed by atoms with van der Waals surface area (Å²) in [4.78, 5) is 6.60. The number of benzene rings is 2. The molecule has 0 aliphatic rings. The number of tetrazole rings is 1. The molecule has 10 heteroatoms. The minimum absolute atomic E-state index is 0.0712. The molecule has 0 saturated carbocycles. The number of halogens is 3. The molecule has 152 valence electrons. The normalized spacial score (nSPS) is 12.1. The van der Waals surface area contributed by atoms with Crippen LogP contribution in [0.15, 0.2) is 53.7 Å². The minimum atomic E-state index is -4.35. The molecule has 3 rings (SSSR count). The summed E-state index contributed by atoms with van der Waals surface area (Å²) < 4.78 is 43.3. The SMILES string of the molecule is CC(=NOCc1ccc(C(F)(F)F)cc1)c1ccc(OCc2nnn(C)n2)cc1. The van der Waals surface area contributed by atoms with Crippen molar-refractivity contribution in [1.82, 2.24) is 20.2 Å². The van der Waals surface area contributed by atoms with Gasteiger partial charge in [0.05, 0.1) is 18.3 Å². The van der Waals surface area contributed by atoms with Gasteiger partial charge in [-0.15, -0.1) is 10.2 Å². The maximum atomic E-state index is 12.6. The molecular formula is C19H18F3N5O2. The molecule has 0 radical (unpaired) electrons. The van der Waals surface area contributed by atoms with Crippen molar-refractivity contribution in [2.45, 2.75) is 26.3 Å². The molecule has 0 bridgehead atoms. The first-order valence-corrected chi connectivity index (χ1v) is 8.60. The molecule has 0 amide bonds. The van der Waals surface area contributed by atoms with E-state index in [1.165, 1.54) is 16.9 Å². The molecule has 1 aromatic heterocycles. The molecular weight excluding hydrogens is 387 g/mol. The number of hydrogen-bond acceptors (Lipinski definition) is 6. The third-order valence-corrected chi connectivity index (χ3v) is 3.90. The van der Waals surface area contributed by atoms with Crippen molar-refractivity contribution < 1.29 is 22.7 Å². The van der Waals surface area contributed by atoms with Gasteiger partial charge in [0.25, 0.3) is 0 Å². The van der Waals surface area contributed by atoms with E-state index in [4.69, 9.17) is 9.57 Å². The van der Waals surface area contributed by atoms with E-state index in [1.807, 2.05) is 12.1 Å². The lowest BCUT2D eigenvalue weighted by Crippen LogP contribution is -2.04. The number of hydrogen-bond donors (Lipinski definition) is 0. The number of oxime groups is 1. The maximum Gasteiger partial charge on any atom is 0.416 e. The quantitative estimate of drug-likeness (QED) is 0.442. The summed E-state index contributed by atoms with van der Waals surface area (Å²) in [5.74, 6) is 1.12. The zero-order valence-corrected chi connectivity index (χ0v) is 15.7. The number of ether oxygens (including phenoxy) is 1. The van der Waals surface area contributed by atoms with E-state index in [1.54, 1.807) is 26.1 Å². The molecule has 0 atom stereocenters. The Bertz CT molecular complexity index is 967. The lowest BCUT2D eigenvalue weighted by molar-refractivity contribution is -0.137. The third-order valence-electron chi connectivity index (χ3n) is 3.90. The number of aryl methyl sites for hydroxylation is 1. The van der Waals surface area contributed by atoms with Crippen LogP contribution < -0.4 is 4.74 Å². The summed E-state index contributed by atoms with van der Waals surface area (Å²) in [6.45, 7) is 2.05. The Balaban J connectivity index is 1.51. The monoisotopic (exact) mass is 405 g/mol. The second kappa shape index (κ2) is 8.72. The van der Waals surface area contributed by atoms with Crippen LogP contribution in [-0.4, -0.2) is 25.9 Å². The molecule has 0 saturated heterocycles. The highest BCUT2D eigenvalue weighted by molar-refractivity contribution is 5.98. The van der Waals surface area contributed by atoms with E-state index in [0.717, 1.165) is 17.7 Å². The van der Waals surface area contributed by atoms with E-state index in [-0.39, 0.29) is 13.2 Å². The predicted molar refractivity (Wildman–Crippen MR) is 98.0 cm³/mol. The first-order valence-electron chi connectivity index (χ1n) is 8.60. The van der Waals surface area contributed by atoms with Crippen LogP contribution in [0.2, 0.25) is 0 Å². The van der Waals surface area contributed by atoms with Crippen LogP contribution in [0, 0.1) is 0 Å². The molecule has 2 aromatic carbocycles. The minimum Gasteiger partial charge on any atom is -0.485 e. The Morgan fingerprint density at radius 1 is 1.03 bits per heavy atom. The van der Waals surface area contributed by atoms with Gasteiger partial charge < -0.3 is 9.57 Å². The Hall–Kier alpha value is -3.43. The van der Waals surface area contributed by atoms with Gasteiger partial charge in [-0.25, -0.2) is 0 Å². The average Bonchev–Trinajstić information content (AvgIpc) is 3.11. The molecule has 0 unspecified atom stereocenters. The van der Waals surface area contributed by atoms with Gasteiger partial charge in [0.15, 0.2) is 6.61 Å². The van der Waals surface area contributed by atoms with Crippen LogP contribution >= 0.6 is 0 Å². The van der Waals surface area contributed by atoms with Gasteiger partial charge in [-0.3, -0.25) is 0 Å². The number of aromatic nitrogens is 4. The van der Waals surface area contributed by atoms with Gasteiger partial charge in [0.2, 0.25) is 5.82 Å². The van der Waals surface area contributed by atoms with E-state index in [2.05, 4.69) is 20.6 Å².